The Labute approximate surface area is 77.6 Å². The Kier molecular flexibility index (Phi) is 3.46. The lowest BCUT2D eigenvalue weighted by molar-refractivity contribution is 1.76. The smallest absolute Gasteiger partial charge is 0.0409 e. The Balaban J connectivity index is 2.74. The van der Waals surface area contributed by atoms with Gasteiger partial charge in [0.15, 0.2) is 0 Å². The molecule has 0 atom stereocenters. The zero-order chi connectivity index (χ0) is 7.40. The van der Waals surface area contributed by atoms with Gasteiger partial charge in [0.1, 0.15) is 0 Å². The van der Waals surface area contributed by atoms with Gasteiger partial charge in [-0.25, -0.2) is 0 Å². The lowest BCUT2D eigenvalue weighted by atomic mass is 10.4. The van der Waals surface area contributed by atoms with Gasteiger partial charge >= 0.3 is 0 Å². The maximum absolute atomic E-state index is 5.47. The van der Waals surface area contributed by atoms with Gasteiger partial charge in [-0.1, -0.05) is 6.08 Å². The second-order valence-electron chi connectivity index (χ2n) is 1.69. The third-order valence-electron chi connectivity index (χ3n) is 1.00. The van der Waals surface area contributed by atoms with Crippen LogP contribution >= 0.6 is 38.9 Å². The molecular formula is C7H6BrClS. The van der Waals surface area contributed by atoms with Gasteiger partial charge in [0.25, 0.3) is 0 Å². The molecule has 0 amide bonds. The molecule has 0 aliphatic rings. The summed E-state index contributed by atoms with van der Waals surface area (Å²) in [6.45, 7) is 0. The normalized spacial score (nSPS) is 11.0. The molecule has 0 spiro atoms. The molecule has 54 valence electrons. The molecule has 0 aliphatic heterocycles. The highest BCUT2D eigenvalue weighted by Gasteiger charge is 1.93. The first-order chi connectivity index (χ1) is 4.84. The molecule has 0 unspecified atom stereocenters. The molecule has 0 N–H and O–H groups in total. The van der Waals surface area contributed by atoms with E-state index in [2.05, 4.69) is 15.9 Å². The minimum Gasteiger partial charge on any atom is -0.143 e. The molecule has 0 bridgehead atoms. The van der Waals surface area contributed by atoms with E-state index in [0.717, 1.165) is 4.47 Å². The van der Waals surface area contributed by atoms with E-state index in [-0.39, 0.29) is 0 Å². The van der Waals surface area contributed by atoms with Gasteiger partial charge in [0, 0.05) is 15.2 Å². The average molecular weight is 238 g/mol. The van der Waals surface area contributed by atoms with Crippen molar-refractivity contribution in [2.45, 2.75) is 0 Å². The topological polar surface area (TPSA) is 0 Å². The molecule has 0 saturated carbocycles. The van der Waals surface area contributed by atoms with Crippen molar-refractivity contribution in [1.29, 1.82) is 0 Å². The van der Waals surface area contributed by atoms with Crippen molar-refractivity contribution < 1.29 is 0 Å². The largest absolute Gasteiger partial charge is 0.143 e. The predicted octanol–water partition coefficient (Wildman–Crippen LogP) is 3.76. The molecule has 0 aromatic carbocycles. The summed E-state index contributed by atoms with van der Waals surface area (Å²) in [4.78, 5) is 1.22. The van der Waals surface area contributed by atoms with Gasteiger partial charge in [-0.3, -0.25) is 0 Å². The lowest BCUT2D eigenvalue weighted by Crippen LogP contribution is -1.62. The SMILES string of the molecule is ClCC=Cc1sccc1Br. The van der Waals surface area contributed by atoms with Crippen LogP contribution in [0, 0.1) is 0 Å². The Morgan fingerprint density at radius 2 is 2.50 bits per heavy atom. The van der Waals surface area contributed by atoms with Crippen molar-refractivity contribution >= 4 is 44.9 Å². The number of hydrogen-bond acceptors (Lipinski definition) is 1. The summed E-state index contributed by atoms with van der Waals surface area (Å²) in [7, 11) is 0. The van der Waals surface area contributed by atoms with Crippen molar-refractivity contribution in [3.8, 4) is 0 Å². The van der Waals surface area contributed by atoms with Crippen LogP contribution in [0.1, 0.15) is 4.88 Å². The van der Waals surface area contributed by atoms with E-state index in [4.69, 9.17) is 11.6 Å². The molecule has 1 rings (SSSR count). The summed E-state index contributed by atoms with van der Waals surface area (Å²) < 4.78 is 1.14. The van der Waals surface area contributed by atoms with Crippen LogP contribution in [0.5, 0.6) is 0 Å². The van der Waals surface area contributed by atoms with Crippen LogP contribution in [0.3, 0.4) is 0 Å². The molecule has 3 heteroatoms. The van der Waals surface area contributed by atoms with Crippen LogP contribution in [0.15, 0.2) is 22.0 Å². The highest BCUT2D eigenvalue weighted by molar-refractivity contribution is 9.10. The van der Waals surface area contributed by atoms with Crippen LogP contribution in [-0.4, -0.2) is 5.88 Å². The van der Waals surface area contributed by atoms with Gasteiger partial charge in [-0.05, 0) is 33.5 Å². The fourth-order valence-corrected chi connectivity index (χ4v) is 2.09. The second kappa shape index (κ2) is 4.16. The molecular weight excluding hydrogens is 232 g/mol. The summed E-state index contributed by atoms with van der Waals surface area (Å²) in [5.74, 6) is 0.574. The standard InChI is InChI=1S/C7H6BrClS/c8-6-3-5-10-7(6)2-1-4-9/h1-3,5H,4H2. The van der Waals surface area contributed by atoms with Crippen LogP contribution in [0.4, 0.5) is 0 Å². The van der Waals surface area contributed by atoms with E-state index in [1.54, 1.807) is 11.3 Å². The fraction of sp³-hybridized carbons (Fsp3) is 0.143. The highest BCUT2D eigenvalue weighted by atomic mass is 79.9. The van der Waals surface area contributed by atoms with Crippen molar-refractivity contribution in [3.63, 3.8) is 0 Å². The van der Waals surface area contributed by atoms with E-state index in [9.17, 15) is 0 Å². The summed E-state index contributed by atoms with van der Waals surface area (Å²) >= 11 is 10.6. The van der Waals surface area contributed by atoms with Crippen LogP contribution in [0.25, 0.3) is 6.08 Å². The van der Waals surface area contributed by atoms with E-state index in [1.807, 2.05) is 23.6 Å². The number of rotatable bonds is 2. The Bertz CT molecular complexity index is 229. The number of hydrogen-bond donors (Lipinski definition) is 0. The van der Waals surface area contributed by atoms with E-state index in [0.29, 0.717) is 5.88 Å². The van der Waals surface area contributed by atoms with Crippen molar-refractivity contribution in [1.82, 2.24) is 0 Å². The number of halogens is 2. The van der Waals surface area contributed by atoms with Crippen LogP contribution in [-0.2, 0) is 0 Å². The third-order valence-corrected chi connectivity index (χ3v) is 3.02. The van der Waals surface area contributed by atoms with Crippen molar-refractivity contribution in [2.75, 3.05) is 5.88 Å². The number of alkyl halides is 1. The Morgan fingerprint density at radius 3 is 3.00 bits per heavy atom. The molecule has 0 nitrogen and oxygen atoms in total. The van der Waals surface area contributed by atoms with Gasteiger partial charge in [0.2, 0.25) is 0 Å². The molecule has 0 radical (unpaired) electrons. The monoisotopic (exact) mass is 236 g/mol. The molecule has 0 saturated heterocycles. The summed E-state index contributed by atoms with van der Waals surface area (Å²) in [6, 6.07) is 2.03. The van der Waals surface area contributed by atoms with Crippen LogP contribution in [0.2, 0.25) is 0 Å². The number of thiophene rings is 1. The quantitative estimate of drug-likeness (QED) is 0.687. The first-order valence-electron chi connectivity index (χ1n) is 2.80. The molecule has 0 fully saturated rings. The Morgan fingerprint density at radius 1 is 1.70 bits per heavy atom. The maximum Gasteiger partial charge on any atom is 0.0409 e. The zero-order valence-electron chi connectivity index (χ0n) is 5.18. The van der Waals surface area contributed by atoms with E-state index in [1.165, 1.54) is 4.88 Å². The van der Waals surface area contributed by atoms with Gasteiger partial charge in [0.05, 0.1) is 0 Å². The highest BCUT2D eigenvalue weighted by Crippen LogP contribution is 2.23. The molecule has 1 heterocycles. The minimum atomic E-state index is 0.574. The zero-order valence-corrected chi connectivity index (χ0v) is 8.34. The molecule has 0 aliphatic carbocycles. The van der Waals surface area contributed by atoms with Gasteiger partial charge in [-0.15, -0.1) is 22.9 Å². The Hall–Kier alpha value is 0.210. The summed E-state index contributed by atoms with van der Waals surface area (Å²) in [5, 5.41) is 2.04. The van der Waals surface area contributed by atoms with Crippen molar-refractivity contribution in [2.24, 2.45) is 0 Å². The van der Waals surface area contributed by atoms with Gasteiger partial charge < -0.3 is 0 Å². The maximum atomic E-state index is 5.47. The third kappa shape index (κ3) is 2.11. The molecule has 1 aromatic rings. The second-order valence-corrected chi connectivity index (χ2v) is 3.80. The predicted molar refractivity (Wildman–Crippen MR) is 51.8 cm³/mol. The molecule has 1 aromatic heterocycles. The fourth-order valence-electron chi connectivity index (χ4n) is 0.576. The van der Waals surface area contributed by atoms with Crippen molar-refractivity contribution in [3.05, 3.63) is 26.9 Å². The number of allylic oxidation sites excluding steroid dienone is 1. The van der Waals surface area contributed by atoms with Crippen LogP contribution < -0.4 is 0 Å². The van der Waals surface area contributed by atoms with E-state index >= 15 is 0 Å². The first-order valence-corrected chi connectivity index (χ1v) is 5.01. The molecule has 10 heavy (non-hydrogen) atoms. The minimum absolute atomic E-state index is 0.574. The first kappa shape index (κ1) is 8.31. The van der Waals surface area contributed by atoms with Gasteiger partial charge in [-0.2, -0.15) is 0 Å². The summed E-state index contributed by atoms with van der Waals surface area (Å²) in [6.07, 6.45) is 3.94. The summed E-state index contributed by atoms with van der Waals surface area (Å²) in [5.41, 5.74) is 0. The average Bonchev–Trinajstić information content (AvgIpc) is 2.31. The lowest BCUT2D eigenvalue weighted by Gasteiger charge is -1.84. The van der Waals surface area contributed by atoms with E-state index < -0.39 is 0 Å².